The van der Waals surface area contributed by atoms with Crippen molar-refractivity contribution in [3.05, 3.63) is 36.5 Å². The number of allylic oxidation sites excluding steroid dienone is 5. The number of hydrogen-bond acceptors (Lipinski definition) is 2. The van der Waals surface area contributed by atoms with Crippen LogP contribution in [0.5, 0.6) is 0 Å². The third-order valence-corrected chi connectivity index (χ3v) is 0.882. The van der Waals surface area contributed by atoms with Crippen LogP contribution in [-0.2, 0) is 0 Å². The fourth-order valence-electron chi connectivity index (χ4n) is 0.438. The Morgan fingerprint density at radius 2 is 2.27 bits per heavy atom. The predicted molar refractivity (Wildman–Crippen MR) is 41.9 cm³/mol. The minimum absolute atomic E-state index is 0.367. The zero-order chi connectivity index (χ0) is 8.53. The average molecular weight is 145 g/mol. The van der Waals surface area contributed by atoms with Crippen molar-refractivity contribution in [3.8, 4) is 12.1 Å². The first-order valence-corrected chi connectivity index (χ1v) is 3.03. The van der Waals surface area contributed by atoms with Gasteiger partial charge in [-0.2, -0.15) is 10.5 Å². The summed E-state index contributed by atoms with van der Waals surface area (Å²) in [6.07, 6.45) is 7.58. The molecule has 0 aliphatic heterocycles. The molecule has 0 aromatic heterocycles. The maximum absolute atomic E-state index is 8.43. The first-order chi connectivity index (χ1) is 5.35. The van der Waals surface area contributed by atoms with Crippen LogP contribution in [0.4, 0.5) is 0 Å². The molecular formula is C9H7N2. The Bertz CT molecular complexity index is 258. The summed E-state index contributed by atoms with van der Waals surface area (Å²) in [5, 5.41) is 16.6. The van der Waals surface area contributed by atoms with E-state index >= 15 is 0 Å². The smallest absolute Gasteiger partial charge is 0.0994 e. The van der Waals surface area contributed by atoms with Crippen molar-refractivity contribution in [1.29, 1.82) is 10.5 Å². The minimum Gasteiger partial charge on any atom is -0.193 e. The van der Waals surface area contributed by atoms with Crippen molar-refractivity contribution in [3.63, 3.8) is 0 Å². The van der Waals surface area contributed by atoms with Gasteiger partial charge in [0.1, 0.15) is 0 Å². The average Bonchev–Trinajstić information content (AvgIpc) is 2.05. The highest BCUT2D eigenvalue weighted by Crippen LogP contribution is 1.95. The highest BCUT2D eigenvalue weighted by molar-refractivity contribution is 5.32. The molecule has 0 heterocycles. The molecule has 0 unspecified atom stereocenters. The van der Waals surface area contributed by atoms with Gasteiger partial charge in [0.15, 0.2) is 0 Å². The van der Waals surface area contributed by atoms with E-state index in [1.807, 2.05) is 6.07 Å². The summed E-state index contributed by atoms with van der Waals surface area (Å²) in [7, 11) is 0. The molecule has 0 N–H and O–H groups in total. The Morgan fingerprint density at radius 1 is 1.55 bits per heavy atom. The molecule has 0 aromatic carbocycles. The van der Waals surface area contributed by atoms with Gasteiger partial charge in [0.25, 0.3) is 0 Å². The highest BCUT2D eigenvalue weighted by Gasteiger charge is 1.85. The van der Waals surface area contributed by atoms with Crippen LogP contribution >= 0.6 is 0 Å². The van der Waals surface area contributed by atoms with E-state index in [9.17, 15) is 0 Å². The van der Waals surface area contributed by atoms with E-state index < -0.39 is 0 Å². The molecule has 1 radical (unpaired) electrons. The van der Waals surface area contributed by atoms with Crippen molar-refractivity contribution in [2.75, 3.05) is 0 Å². The van der Waals surface area contributed by atoms with Gasteiger partial charge in [-0.05, 0) is 18.6 Å². The maximum atomic E-state index is 8.43. The van der Waals surface area contributed by atoms with Crippen LogP contribution in [0.25, 0.3) is 0 Å². The Labute approximate surface area is 66.4 Å². The van der Waals surface area contributed by atoms with Gasteiger partial charge in [0.05, 0.1) is 17.7 Å². The Morgan fingerprint density at radius 3 is 2.73 bits per heavy atom. The minimum atomic E-state index is 0.367. The summed E-state index contributed by atoms with van der Waals surface area (Å²) in [6.45, 7) is 3.47. The topological polar surface area (TPSA) is 47.6 Å². The van der Waals surface area contributed by atoms with Crippen LogP contribution in [0.15, 0.2) is 30.4 Å². The number of nitrogens with zero attached hydrogens (tertiary/aromatic N) is 2. The Hall–Kier alpha value is -1.80. The number of rotatable bonds is 3. The van der Waals surface area contributed by atoms with E-state index in [2.05, 4.69) is 12.7 Å². The lowest BCUT2D eigenvalue weighted by atomic mass is 10.2. The van der Waals surface area contributed by atoms with Crippen molar-refractivity contribution < 1.29 is 0 Å². The SMILES string of the molecule is C=CC/[C]=C(\C#N)C=[14CH]C#N. The molecule has 2 heteroatoms. The first-order valence-electron chi connectivity index (χ1n) is 3.03. The second-order valence-corrected chi connectivity index (χ2v) is 1.66. The van der Waals surface area contributed by atoms with E-state index in [1.54, 1.807) is 12.1 Å². The van der Waals surface area contributed by atoms with E-state index in [1.165, 1.54) is 12.2 Å². The Kier molecular flexibility index (Phi) is 5.29. The zero-order valence-corrected chi connectivity index (χ0v) is 6.04. The molecule has 0 rings (SSSR count). The van der Waals surface area contributed by atoms with Crippen molar-refractivity contribution >= 4 is 0 Å². The molecule has 0 saturated carbocycles. The van der Waals surface area contributed by atoms with Crippen LogP contribution in [0.2, 0.25) is 0 Å². The normalized spacial score (nSPS) is 10.5. The molecule has 2 nitrogen and oxygen atoms in total. The van der Waals surface area contributed by atoms with Crippen molar-refractivity contribution in [2.45, 2.75) is 6.42 Å². The summed E-state index contributed by atoms with van der Waals surface area (Å²) < 4.78 is 0. The van der Waals surface area contributed by atoms with Gasteiger partial charge in [-0.1, -0.05) is 6.08 Å². The van der Waals surface area contributed by atoms with Crippen LogP contribution < -0.4 is 0 Å². The van der Waals surface area contributed by atoms with Crippen molar-refractivity contribution in [1.82, 2.24) is 0 Å². The van der Waals surface area contributed by atoms with E-state index in [0.29, 0.717) is 12.0 Å². The first kappa shape index (κ1) is 9.20. The standard InChI is InChI=1S/C9H7N2/c1-2-3-5-9(8-11)6-4-7-10/h2,4,6H,1,3H2/i4+2. The van der Waals surface area contributed by atoms with Crippen LogP contribution in [0.3, 0.4) is 0 Å². The van der Waals surface area contributed by atoms with Crippen LogP contribution in [0, 0.1) is 28.7 Å². The van der Waals surface area contributed by atoms with E-state index in [4.69, 9.17) is 10.5 Å². The summed E-state index contributed by atoms with van der Waals surface area (Å²) in [6, 6.07) is 3.68. The second-order valence-electron chi connectivity index (χ2n) is 1.66. The van der Waals surface area contributed by atoms with Gasteiger partial charge in [-0.3, -0.25) is 0 Å². The fraction of sp³-hybridized carbons (Fsp3) is 0.111. The fourth-order valence-corrected chi connectivity index (χ4v) is 0.438. The Balaban J connectivity index is 4.21. The molecule has 11 heavy (non-hydrogen) atoms. The largest absolute Gasteiger partial charge is 0.193 e. The zero-order valence-electron chi connectivity index (χ0n) is 6.04. The summed E-state index contributed by atoms with van der Waals surface area (Å²) >= 11 is 0. The van der Waals surface area contributed by atoms with E-state index in [-0.39, 0.29) is 0 Å². The summed E-state index contributed by atoms with van der Waals surface area (Å²) in [5.74, 6) is 0. The number of nitriles is 2. The lowest BCUT2D eigenvalue weighted by Crippen LogP contribution is -1.71. The number of hydrogen-bond donors (Lipinski definition) is 0. The third kappa shape index (κ3) is 4.69. The molecular weight excluding hydrogens is 138 g/mol. The quantitative estimate of drug-likeness (QED) is 0.346. The van der Waals surface area contributed by atoms with Gasteiger partial charge < -0.3 is 0 Å². The predicted octanol–water partition coefficient (Wildman–Crippen LogP) is 1.90. The van der Waals surface area contributed by atoms with Gasteiger partial charge in [-0.15, -0.1) is 6.58 Å². The lowest BCUT2D eigenvalue weighted by molar-refractivity contribution is 1.32. The molecule has 0 saturated heterocycles. The van der Waals surface area contributed by atoms with E-state index in [0.717, 1.165) is 0 Å². The van der Waals surface area contributed by atoms with Crippen molar-refractivity contribution in [2.24, 2.45) is 0 Å². The highest BCUT2D eigenvalue weighted by atomic mass is 14.7. The molecule has 0 spiro atoms. The molecule has 0 aliphatic carbocycles. The summed E-state index contributed by atoms with van der Waals surface area (Å²) in [4.78, 5) is 0. The lowest BCUT2D eigenvalue weighted by Gasteiger charge is -1.81. The molecule has 0 bridgehead atoms. The second kappa shape index (κ2) is 6.32. The van der Waals surface area contributed by atoms with Gasteiger partial charge in [0, 0.05) is 6.08 Å². The molecule has 0 aromatic rings. The van der Waals surface area contributed by atoms with Gasteiger partial charge >= 0.3 is 0 Å². The summed E-state index contributed by atoms with van der Waals surface area (Å²) in [5.41, 5.74) is 0.367. The van der Waals surface area contributed by atoms with Crippen LogP contribution in [-0.4, -0.2) is 0 Å². The maximum Gasteiger partial charge on any atom is 0.0994 e. The molecule has 0 atom stereocenters. The van der Waals surface area contributed by atoms with Gasteiger partial charge in [-0.25, -0.2) is 0 Å². The van der Waals surface area contributed by atoms with Crippen LogP contribution in [0.1, 0.15) is 6.42 Å². The third-order valence-electron chi connectivity index (χ3n) is 0.882. The molecule has 53 valence electrons. The monoisotopic (exact) mass is 145 g/mol. The molecule has 0 aliphatic rings. The molecule has 0 amide bonds. The molecule has 0 fully saturated rings. The van der Waals surface area contributed by atoms with Gasteiger partial charge in [0.2, 0.25) is 0 Å².